The Morgan fingerprint density at radius 3 is 2.48 bits per heavy atom. The average Bonchev–Trinajstić information content (AvgIpc) is 2.80. The van der Waals surface area contributed by atoms with Gasteiger partial charge >= 0.3 is 0 Å². The number of aryl methyl sites for hydroxylation is 3. The van der Waals surface area contributed by atoms with Crippen molar-refractivity contribution < 1.29 is 4.74 Å². The van der Waals surface area contributed by atoms with E-state index in [9.17, 15) is 0 Å². The van der Waals surface area contributed by atoms with Gasteiger partial charge in [-0.2, -0.15) is 0 Å². The lowest BCUT2D eigenvalue weighted by atomic mass is 10.2. The van der Waals surface area contributed by atoms with Crippen LogP contribution in [0.5, 0.6) is 5.75 Å². The maximum atomic E-state index is 5.96. The van der Waals surface area contributed by atoms with Crippen LogP contribution >= 0.6 is 0 Å². The first-order valence-electron chi connectivity index (χ1n) is 8.24. The van der Waals surface area contributed by atoms with Crippen LogP contribution in [0, 0.1) is 20.8 Å². The van der Waals surface area contributed by atoms with Crippen LogP contribution in [0.15, 0.2) is 36.5 Å². The lowest BCUT2D eigenvalue weighted by Crippen LogP contribution is -2.05. The highest BCUT2D eigenvalue weighted by Crippen LogP contribution is 2.28. The molecular weight excluding hydrogens is 284 g/mol. The highest BCUT2D eigenvalue weighted by molar-refractivity contribution is 5.86. The van der Waals surface area contributed by atoms with Crippen LogP contribution in [-0.4, -0.2) is 9.55 Å². The number of nitrogens with zero attached hydrogens (tertiary/aromatic N) is 2. The minimum absolute atomic E-state index is 0.493. The molecule has 0 amide bonds. The number of rotatable bonds is 5. The van der Waals surface area contributed by atoms with Crippen LogP contribution in [0.2, 0.25) is 0 Å². The van der Waals surface area contributed by atoms with E-state index in [1.54, 1.807) is 0 Å². The largest absolute Gasteiger partial charge is 0.487 e. The fourth-order valence-electron chi connectivity index (χ4n) is 3.06. The number of ether oxygens (including phenoxy) is 1. The van der Waals surface area contributed by atoms with E-state index in [1.807, 2.05) is 18.3 Å². The Hall–Kier alpha value is -2.29. The van der Waals surface area contributed by atoms with Gasteiger partial charge in [0.1, 0.15) is 18.1 Å². The van der Waals surface area contributed by atoms with E-state index >= 15 is 0 Å². The molecular formula is C20H24N2O. The quantitative estimate of drug-likeness (QED) is 0.667. The molecule has 120 valence electrons. The molecule has 3 aromatic rings. The minimum atomic E-state index is 0.493. The first-order valence-corrected chi connectivity index (χ1v) is 8.24. The summed E-state index contributed by atoms with van der Waals surface area (Å²) in [5, 5.41) is 1.29. The first-order chi connectivity index (χ1) is 11.1. The summed E-state index contributed by atoms with van der Waals surface area (Å²) < 4.78 is 8.34. The van der Waals surface area contributed by atoms with Gasteiger partial charge in [0, 0.05) is 23.8 Å². The van der Waals surface area contributed by atoms with Crippen LogP contribution in [0.4, 0.5) is 0 Å². The van der Waals surface area contributed by atoms with Crippen molar-refractivity contribution in [3.8, 4) is 5.75 Å². The molecule has 3 nitrogen and oxygen atoms in total. The third-order valence-corrected chi connectivity index (χ3v) is 4.47. The second kappa shape index (κ2) is 6.45. The van der Waals surface area contributed by atoms with Crippen LogP contribution in [0.1, 0.15) is 35.9 Å². The van der Waals surface area contributed by atoms with Crippen molar-refractivity contribution >= 4 is 10.9 Å². The summed E-state index contributed by atoms with van der Waals surface area (Å²) >= 11 is 0. The maximum absolute atomic E-state index is 5.96. The maximum Gasteiger partial charge on any atom is 0.132 e. The second-order valence-electron chi connectivity index (χ2n) is 6.12. The molecule has 0 fully saturated rings. The van der Waals surface area contributed by atoms with E-state index in [0.29, 0.717) is 6.61 Å². The van der Waals surface area contributed by atoms with Gasteiger partial charge in [-0.15, -0.1) is 0 Å². The van der Waals surface area contributed by atoms with Gasteiger partial charge in [0.05, 0.1) is 5.52 Å². The van der Waals surface area contributed by atoms with E-state index in [-0.39, 0.29) is 0 Å². The number of hydrogen-bond donors (Lipinski definition) is 0. The van der Waals surface area contributed by atoms with E-state index in [0.717, 1.165) is 24.4 Å². The number of aromatic nitrogens is 2. The molecule has 0 aliphatic heterocycles. The SMILES string of the molecule is CCCn1c(C)c(C)c2ccnc(COc3ccc(C)cc3)c21. The lowest BCUT2D eigenvalue weighted by Gasteiger charge is -2.11. The van der Waals surface area contributed by atoms with Gasteiger partial charge in [-0.25, -0.2) is 0 Å². The summed E-state index contributed by atoms with van der Waals surface area (Å²) in [5.41, 5.74) is 6.13. The standard InChI is InChI=1S/C20H24N2O/c1-5-12-22-16(4)15(3)18-10-11-21-19(20(18)22)13-23-17-8-6-14(2)7-9-17/h6-11H,5,12-13H2,1-4H3. The van der Waals surface area contributed by atoms with Gasteiger partial charge in [-0.3, -0.25) is 4.98 Å². The summed E-state index contributed by atoms with van der Waals surface area (Å²) in [7, 11) is 0. The van der Waals surface area contributed by atoms with Crippen LogP contribution in [0.3, 0.4) is 0 Å². The molecule has 0 saturated carbocycles. The van der Waals surface area contributed by atoms with Gasteiger partial charge in [0.15, 0.2) is 0 Å². The second-order valence-corrected chi connectivity index (χ2v) is 6.12. The van der Waals surface area contributed by atoms with Gasteiger partial charge in [-0.1, -0.05) is 24.6 Å². The Kier molecular flexibility index (Phi) is 4.37. The molecule has 2 aromatic heterocycles. The van der Waals surface area contributed by atoms with Crippen molar-refractivity contribution in [2.45, 2.75) is 47.3 Å². The zero-order valence-electron chi connectivity index (χ0n) is 14.4. The van der Waals surface area contributed by atoms with Crippen LogP contribution < -0.4 is 4.74 Å². The molecule has 0 unspecified atom stereocenters. The number of hydrogen-bond acceptors (Lipinski definition) is 2. The van der Waals surface area contributed by atoms with Gasteiger partial charge in [-0.05, 0) is 51.0 Å². The summed E-state index contributed by atoms with van der Waals surface area (Å²) in [5.74, 6) is 0.886. The molecule has 2 heterocycles. The van der Waals surface area contributed by atoms with Crippen molar-refractivity contribution in [3.63, 3.8) is 0 Å². The average molecular weight is 308 g/mol. The van der Waals surface area contributed by atoms with Gasteiger partial charge in [0.25, 0.3) is 0 Å². The van der Waals surface area contributed by atoms with Crippen molar-refractivity contribution in [1.29, 1.82) is 0 Å². The molecule has 1 aromatic carbocycles. The molecule has 0 atom stereocenters. The fraction of sp³-hybridized carbons (Fsp3) is 0.350. The third kappa shape index (κ3) is 2.96. The monoisotopic (exact) mass is 308 g/mol. The van der Waals surface area contributed by atoms with E-state index < -0.39 is 0 Å². The Labute approximate surface area is 137 Å². The topological polar surface area (TPSA) is 27.1 Å². The number of fused-ring (bicyclic) bond motifs is 1. The van der Waals surface area contributed by atoms with Crippen molar-refractivity contribution in [2.24, 2.45) is 0 Å². The Balaban J connectivity index is 1.97. The predicted octanol–water partition coefficient (Wildman–Crippen LogP) is 4.95. The fourth-order valence-corrected chi connectivity index (χ4v) is 3.06. The molecule has 0 aliphatic rings. The molecule has 0 saturated heterocycles. The molecule has 0 spiro atoms. The smallest absolute Gasteiger partial charge is 0.132 e. The zero-order valence-corrected chi connectivity index (χ0v) is 14.4. The van der Waals surface area contributed by atoms with Crippen LogP contribution in [-0.2, 0) is 13.2 Å². The van der Waals surface area contributed by atoms with Gasteiger partial charge < -0.3 is 9.30 Å². The third-order valence-electron chi connectivity index (χ3n) is 4.47. The van der Waals surface area contributed by atoms with Gasteiger partial charge in [0.2, 0.25) is 0 Å². The lowest BCUT2D eigenvalue weighted by molar-refractivity contribution is 0.302. The molecule has 23 heavy (non-hydrogen) atoms. The summed E-state index contributed by atoms with van der Waals surface area (Å²) in [6.07, 6.45) is 3.00. The normalized spacial score (nSPS) is 11.1. The van der Waals surface area contributed by atoms with Crippen molar-refractivity contribution in [2.75, 3.05) is 0 Å². The molecule has 3 heteroatoms. The first kappa shape index (κ1) is 15.6. The summed E-state index contributed by atoms with van der Waals surface area (Å²) in [4.78, 5) is 4.59. The zero-order chi connectivity index (χ0) is 16.4. The molecule has 0 N–H and O–H groups in total. The van der Waals surface area contributed by atoms with E-state index in [2.05, 4.69) is 55.4 Å². The van der Waals surface area contributed by atoms with Crippen LogP contribution in [0.25, 0.3) is 10.9 Å². The summed E-state index contributed by atoms with van der Waals surface area (Å²) in [6.45, 7) is 10.2. The van der Waals surface area contributed by atoms with Crippen molar-refractivity contribution in [1.82, 2.24) is 9.55 Å². The van der Waals surface area contributed by atoms with E-state index in [4.69, 9.17) is 4.74 Å². The molecule has 3 rings (SSSR count). The molecule has 0 radical (unpaired) electrons. The molecule has 0 bridgehead atoms. The van der Waals surface area contributed by atoms with E-state index in [1.165, 1.54) is 27.7 Å². The number of pyridine rings is 1. The Morgan fingerprint density at radius 1 is 1.04 bits per heavy atom. The highest BCUT2D eigenvalue weighted by atomic mass is 16.5. The molecule has 0 aliphatic carbocycles. The Morgan fingerprint density at radius 2 is 1.78 bits per heavy atom. The highest BCUT2D eigenvalue weighted by Gasteiger charge is 2.15. The number of benzene rings is 1. The predicted molar refractivity (Wildman–Crippen MR) is 95.0 cm³/mol. The minimum Gasteiger partial charge on any atom is -0.487 e. The Bertz CT molecular complexity index is 816. The summed E-state index contributed by atoms with van der Waals surface area (Å²) in [6, 6.07) is 10.3. The van der Waals surface area contributed by atoms with Crippen molar-refractivity contribution in [3.05, 3.63) is 59.0 Å².